The van der Waals surface area contributed by atoms with Gasteiger partial charge >= 0.3 is 0 Å². The van der Waals surface area contributed by atoms with Crippen LogP contribution >= 0.6 is 15.9 Å². The molecule has 1 saturated carbocycles. The van der Waals surface area contributed by atoms with Gasteiger partial charge in [0, 0.05) is 24.1 Å². The number of hydrogen-bond donors (Lipinski definition) is 0. The van der Waals surface area contributed by atoms with Gasteiger partial charge in [-0.1, -0.05) is 41.4 Å². The van der Waals surface area contributed by atoms with Gasteiger partial charge in [0.15, 0.2) is 0 Å². The van der Waals surface area contributed by atoms with Crippen LogP contribution in [0.25, 0.3) is 0 Å². The summed E-state index contributed by atoms with van der Waals surface area (Å²) in [4.78, 5) is 2.48. The van der Waals surface area contributed by atoms with Gasteiger partial charge < -0.3 is 4.90 Å². The second-order valence-corrected chi connectivity index (χ2v) is 6.05. The Morgan fingerprint density at radius 1 is 1.11 bits per heavy atom. The van der Waals surface area contributed by atoms with E-state index in [4.69, 9.17) is 0 Å². The first-order valence-corrected chi connectivity index (χ1v) is 8.24. The highest BCUT2D eigenvalue weighted by Crippen LogP contribution is 2.31. The molecule has 0 aromatic heterocycles. The molecule has 1 aromatic carbocycles. The van der Waals surface area contributed by atoms with E-state index in [-0.39, 0.29) is 0 Å². The molecule has 0 unspecified atom stereocenters. The summed E-state index contributed by atoms with van der Waals surface area (Å²) in [6, 6.07) is 9.68. The highest BCUT2D eigenvalue weighted by atomic mass is 79.9. The van der Waals surface area contributed by atoms with Crippen molar-refractivity contribution in [1.82, 2.24) is 0 Å². The fraction of sp³-hybridized carbons (Fsp3) is 0.625. The summed E-state index contributed by atoms with van der Waals surface area (Å²) in [5.41, 5.74) is 2.71. The average Bonchev–Trinajstić information content (AvgIpc) is 2.47. The van der Waals surface area contributed by atoms with Gasteiger partial charge in [-0.05, 0) is 49.3 Å². The molecule has 0 amide bonds. The minimum atomic E-state index is 0.739. The zero-order chi connectivity index (χ0) is 13.0. The normalized spacial score (nSPS) is 23.9. The fourth-order valence-corrected chi connectivity index (χ4v) is 3.35. The number of hydrogen-bond acceptors (Lipinski definition) is 1. The molecule has 0 atom stereocenters. The van der Waals surface area contributed by atoms with Gasteiger partial charge in [0.05, 0.1) is 0 Å². The number of anilines is 1. The van der Waals surface area contributed by atoms with Gasteiger partial charge in [-0.25, -0.2) is 0 Å². The van der Waals surface area contributed by atoms with Crippen molar-refractivity contribution in [3.8, 4) is 0 Å². The van der Waals surface area contributed by atoms with E-state index in [0.717, 1.165) is 17.3 Å². The van der Waals surface area contributed by atoms with E-state index < -0.39 is 0 Å². The van der Waals surface area contributed by atoms with Crippen molar-refractivity contribution < 1.29 is 0 Å². The van der Waals surface area contributed by atoms with Crippen LogP contribution in [0.1, 0.15) is 44.6 Å². The number of halogens is 1. The molecule has 0 bridgehead atoms. The Labute approximate surface area is 120 Å². The number of rotatable bonds is 4. The van der Waals surface area contributed by atoms with Crippen LogP contribution in [0.3, 0.4) is 0 Å². The van der Waals surface area contributed by atoms with Crippen molar-refractivity contribution in [3.05, 3.63) is 29.8 Å². The summed E-state index contributed by atoms with van der Waals surface area (Å²) >= 11 is 3.50. The van der Waals surface area contributed by atoms with Gasteiger partial charge in [-0.3, -0.25) is 0 Å². The summed E-state index contributed by atoms with van der Waals surface area (Å²) in [5.74, 6) is 0.977. The Bertz CT molecular complexity index is 352. The number of alkyl halides is 1. The summed E-state index contributed by atoms with van der Waals surface area (Å²) in [5, 5.41) is 0.943. The lowest BCUT2D eigenvalue weighted by molar-refractivity contribution is 0.313. The van der Waals surface area contributed by atoms with Crippen LogP contribution in [-0.4, -0.2) is 13.1 Å². The van der Waals surface area contributed by atoms with Crippen LogP contribution < -0.4 is 4.90 Å². The smallest absolute Gasteiger partial charge is 0.0366 e. The highest BCUT2D eigenvalue weighted by molar-refractivity contribution is 9.08. The molecule has 2 heteroatoms. The van der Waals surface area contributed by atoms with Crippen molar-refractivity contribution in [2.45, 2.75) is 50.4 Å². The quantitative estimate of drug-likeness (QED) is 0.708. The van der Waals surface area contributed by atoms with Crippen LogP contribution in [0.2, 0.25) is 0 Å². The molecule has 0 radical (unpaired) electrons. The van der Waals surface area contributed by atoms with Crippen molar-refractivity contribution in [2.24, 2.45) is 5.92 Å². The van der Waals surface area contributed by atoms with Crippen molar-refractivity contribution in [1.29, 1.82) is 0 Å². The van der Waals surface area contributed by atoms with Crippen molar-refractivity contribution in [2.75, 3.05) is 11.9 Å². The summed E-state index contributed by atoms with van der Waals surface area (Å²) in [6.07, 6.45) is 6.89. The average molecular weight is 310 g/mol. The minimum Gasteiger partial charge on any atom is -0.372 e. The van der Waals surface area contributed by atoms with E-state index in [0.29, 0.717) is 0 Å². The molecule has 1 nitrogen and oxygen atoms in total. The zero-order valence-electron chi connectivity index (χ0n) is 11.5. The van der Waals surface area contributed by atoms with E-state index >= 15 is 0 Å². The molecule has 0 aliphatic heterocycles. The molecular formula is C16H24BrN. The molecule has 0 N–H and O–H groups in total. The molecule has 2 rings (SSSR count). The monoisotopic (exact) mass is 309 g/mol. The molecule has 18 heavy (non-hydrogen) atoms. The predicted octanol–water partition coefficient (Wildman–Crippen LogP) is 4.99. The molecule has 1 aromatic rings. The second-order valence-electron chi connectivity index (χ2n) is 5.49. The first kappa shape index (κ1) is 13.9. The van der Waals surface area contributed by atoms with E-state index in [9.17, 15) is 0 Å². The largest absolute Gasteiger partial charge is 0.372 e. The molecule has 0 saturated heterocycles. The van der Waals surface area contributed by atoms with E-state index in [2.05, 4.69) is 59.1 Å². The Hall–Kier alpha value is -0.500. The summed E-state index contributed by atoms with van der Waals surface area (Å²) in [7, 11) is 2.25. The lowest BCUT2D eigenvalue weighted by Gasteiger charge is -2.35. The molecular weight excluding hydrogens is 286 g/mol. The fourth-order valence-electron chi connectivity index (χ4n) is 2.97. The Morgan fingerprint density at radius 2 is 1.72 bits per heavy atom. The molecule has 0 heterocycles. The number of nitrogens with zero attached hydrogens (tertiary/aromatic N) is 1. The Kier molecular flexibility index (Phi) is 5.11. The molecule has 100 valence electrons. The Balaban J connectivity index is 1.96. The van der Waals surface area contributed by atoms with Gasteiger partial charge in [-0.2, -0.15) is 0 Å². The maximum atomic E-state index is 3.50. The summed E-state index contributed by atoms with van der Waals surface area (Å²) < 4.78 is 0. The molecule has 1 aliphatic carbocycles. The van der Waals surface area contributed by atoms with Crippen LogP contribution in [0.4, 0.5) is 5.69 Å². The molecule has 0 spiro atoms. The molecule has 1 aliphatic rings. The lowest BCUT2D eigenvalue weighted by atomic mass is 9.84. The summed E-state index contributed by atoms with van der Waals surface area (Å²) in [6.45, 7) is 2.33. The van der Waals surface area contributed by atoms with Gasteiger partial charge in [0.25, 0.3) is 0 Å². The van der Waals surface area contributed by atoms with Crippen LogP contribution in [0.5, 0.6) is 0 Å². The zero-order valence-corrected chi connectivity index (χ0v) is 13.1. The number of benzene rings is 1. The third-order valence-electron chi connectivity index (χ3n) is 4.44. The molecule has 1 fully saturated rings. The van der Waals surface area contributed by atoms with E-state index in [1.807, 2.05) is 0 Å². The van der Waals surface area contributed by atoms with Gasteiger partial charge in [0.1, 0.15) is 0 Å². The minimum absolute atomic E-state index is 0.739. The van der Waals surface area contributed by atoms with Crippen LogP contribution in [0, 0.1) is 5.92 Å². The SMILES string of the molecule is CCC1CCC(N(C)c2ccc(CBr)cc2)CC1. The second kappa shape index (κ2) is 6.60. The maximum Gasteiger partial charge on any atom is 0.0366 e. The van der Waals surface area contributed by atoms with E-state index in [1.54, 1.807) is 0 Å². The van der Waals surface area contributed by atoms with Gasteiger partial charge in [0.2, 0.25) is 0 Å². The maximum absolute atomic E-state index is 3.50. The van der Waals surface area contributed by atoms with Gasteiger partial charge in [-0.15, -0.1) is 0 Å². The van der Waals surface area contributed by atoms with Crippen LogP contribution in [-0.2, 0) is 5.33 Å². The highest BCUT2D eigenvalue weighted by Gasteiger charge is 2.23. The Morgan fingerprint density at radius 3 is 2.22 bits per heavy atom. The lowest BCUT2D eigenvalue weighted by Crippen LogP contribution is -2.35. The van der Waals surface area contributed by atoms with Crippen molar-refractivity contribution >= 4 is 21.6 Å². The topological polar surface area (TPSA) is 3.24 Å². The van der Waals surface area contributed by atoms with Crippen LogP contribution in [0.15, 0.2) is 24.3 Å². The standard InChI is InChI=1S/C16H24BrN/c1-3-13-4-8-15(9-5-13)18(2)16-10-6-14(12-17)7-11-16/h6-7,10-11,13,15H,3-5,8-9,12H2,1-2H3. The third kappa shape index (κ3) is 3.28. The first-order valence-electron chi connectivity index (χ1n) is 7.12. The van der Waals surface area contributed by atoms with E-state index in [1.165, 1.54) is 43.4 Å². The predicted molar refractivity (Wildman–Crippen MR) is 83.5 cm³/mol. The third-order valence-corrected chi connectivity index (χ3v) is 5.09. The first-order chi connectivity index (χ1) is 8.74. The van der Waals surface area contributed by atoms with Crippen molar-refractivity contribution in [3.63, 3.8) is 0 Å².